The molecule has 0 bridgehead atoms. The molecular formula is C19H31NO4. The fourth-order valence-electron chi connectivity index (χ4n) is 3.91. The molecule has 1 saturated carbocycles. The van der Waals surface area contributed by atoms with Gasteiger partial charge in [0, 0.05) is 5.71 Å². The monoisotopic (exact) mass is 337 g/mol. The van der Waals surface area contributed by atoms with E-state index in [1.165, 1.54) is 0 Å². The highest BCUT2D eigenvalue weighted by Gasteiger charge is 2.52. The average molecular weight is 337 g/mol. The van der Waals surface area contributed by atoms with Crippen LogP contribution >= 0.6 is 0 Å². The first kappa shape index (κ1) is 18.9. The highest BCUT2D eigenvalue weighted by Crippen LogP contribution is 2.37. The topological polar surface area (TPSA) is 65.0 Å². The maximum absolute atomic E-state index is 12.9. The van der Waals surface area contributed by atoms with Gasteiger partial charge in [-0.3, -0.25) is 4.99 Å². The van der Waals surface area contributed by atoms with Crippen molar-refractivity contribution in [1.82, 2.24) is 0 Å². The molecule has 5 nitrogen and oxygen atoms in total. The molecule has 24 heavy (non-hydrogen) atoms. The minimum atomic E-state index is -1.48. The van der Waals surface area contributed by atoms with Gasteiger partial charge in [-0.25, -0.2) is 9.59 Å². The van der Waals surface area contributed by atoms with Crippen LogP contribution in [-0.2, 0) is 19.1 Å². The van der Waals surface area contributed by atoms with Gasteiger partial charge in [-0.15, -0.1) is 0 Å². The summed E-state index contributed by atoms with van der Waals surface area (Å²) in [6, 6.07) is 0. The number of carbonyl (C=O) groups is 2. The smallest absolute Gasteiger partial charge is 0.346 e. The molecule has 0 amide bonds. The Bertz CT molecular complexity index is 513. The normalized spacial score (nSPS) is 33.2. The van der Waals surface area contributed by atoms with Crippen molar-refractivity contribution in [3.63, 3.8) is 0 Å². The van der Waals surface area contributed by atoms with E-state index >= 15 is 0 Å². The van der Waals surface area contributed by atoms with Crippen molar-refractivity contribution in [3.05, 3.63) is 0 Å². The first-order valence-corrected chi connectivity index (χ1v) is 9.23. The summed E-state index contributed by atoms with van der Waals surface area (Å²) in [5.41, 5.74) is -0.681. The van der Waals surface area contributed by atoms with Crippen molar-refractivity contribution in [2.24, 2.45) is 22.7 Å². The molecule has 0 aromatic carbocycles. The highest BCUT2D eigenvalue weighted by atomic mass is 16.6. The molecule has 1 aliphatic heterocycles. The number of nitrogens with zero attached hydrogens (tertiary/aromatic N) is 1. The Morgan fingerprint density at radius 1 is 1.29 bits per heavy atom. The molecule has 5 heteroatoms. The lowest BCUT2D eigenvalue weighted by molar-refractivity contribution is -0.171. The van der Waals surface area contributed by atoms with Crippen molar-refractivity contribution < 1.29 is 19.1 Å². The summed E-state index contributed by atoms with van der Waals surface area (Å²) < 4.78 is 11.0. The summed E-state index contributed by atoms with van der Waals surface area (Å²) in [5.74, 6) is 0.225. The molecule has 4 atom stereocenters. The Morgan fingerprint density at radius 3 is 2.54 bits per heavy atom. The molecule has 1 aliphatic carbocycles. The Labute approximate surface area is 145 Å². The number of hydrogen-bond donors (Lipinski definition) is 0. The van der Waals surface area contributed by atoms with Gasteiger partial charge in [-0.05, 0) is 57.3 Å². The SMILES string of the molecule is CCOC(=O)C1(C(=O)O[C@@H]2C[C@H](C)CC[C@H]2C(C)C)CCC(C)=N1. The van der Waals surface area contributed by atoms with Crippen molar-refractivity contribution in [2.75, 3.05) is 6.61 Å². The highest BCUT2D eigenvalue weighted by molar-refractivity contribution is 6.09. The van der Waals surface area contributed by atoms with Crippen molar-refractivity contribution in [2.45, 2.75) is 78.4 Å². The van der Waals surface area contributed by atoms with Crippen LogP contribution in [0, 0.1) is 17.8 Å². The molecule has 2 aliphatic rings. The molecule has 0 aromatic heterocycles. The average Bonchev–Trinajstić information content (AvgIpc) is 2.90. The van der Waals surface area contributed by atoms with Gasteiger partial charge in [0.25, 0.3) is 5.54 Å². The predicted molar refractivity (Wildman–Crippen MR) is 92.9 cm³/mol. The minimum Gasteiger partial charge on any atom is -0.464 e. The minimum absolute atomic E-state index is 0.136. The van der Waals surface area contributed by atoms with E-state index in [1.807, 2.05) is 6.92 Å². The Hall–Kier alpha value is -1.39. The van der Waals surface area contributed by atoms with Crippen molar-refractivity contribution in [3.8, 4) is 0 Å². The maximum atomic E-state index is 12.9. The third-order valence-corrected chi connectivity index (χ3v) is 5.40. The van der Waals surface area contributed by atoms with Gasteiger partial charge in [-0.1, -0.05) is 27.2 Å². The lowest BCUT2D eigenvalue weighted by Crippen LogP contribution is -2.48. The molecule has 1 fully saturated rings. The molecule has 2 rings (SSSR count). The standard InChI is InChI=1S/C19H31NO4/c1-6-23-17(21)19(10-9-14(5)20-19)18(22)24-16-11-13(4)7-8-15(16)12(2)3/h12-13,15-16H,6-11H2,1-5H3/t13-,15+,16-,19?/m1/s1. The van der Waals surface area contributed by atoms with Crippen LogP contribution in [0.2, 0.25) is 0 Å². The summed E-state index contributed by atoms with van der Waals surface area (Å²) in [7, 11) is 0. The second-order valence-corrected chi connectivity index (χ2v) is 7.70. The van der Waals surface area contributed by atoms with E-state index in [0.717, 1.165) is 25.0 Å². The fourth-order valence-corrected chi connectivity index (χ4v) is 3.91. The maximum Gasteiger partial charge on any atom is 0.346 e. The van der Waals surface area contributed by atoms with Crippen LogP contribution in [0.3, 0.4) is 0 Å². The second-order valence-electron chi connectivity index (χ2n) is 7.70. The van der Waals surface area contributed by atoms with Gasteiger partial charge >= 0.3 is 11.9 Å². The first-order valence-electron chi connectivity index (χ1n) is 9.23. The van der Waals surface area contributed by atoms with Crippen LogP contribution in [0.5, 0.6) is 0 Å². The predicted octanol–water partition coefficient (Wildman–Crippen LogP) is 3.55. The van der Waals surface area contributed by atoms with E-state index in [0.29, 0.717) is 30.6 Å². The Kier molecular flexibility index (Phi) is 6.05. The summed E-state index contributed by atoms with van der Waals surface area (Å²) in [6.45, 7) is 10.3. The van der Waals surface area contributed by atoms with Crippen LogP contribution in [0.15, 0.2) is 4.99 Å². The molecule has 0 radical (unpaired) electrons. The Balaban J connectivity index is 2.19. The lowest BCUT2D eigenvalue weighted by Gasteiger charge is -2.38. The van der Waals surface area contributed by atoms with Gasteiger partial charge in [0.15, 0.2) is 0 Å². The van der Waals surface area contributed by atoms with Crippen molar-refractivity contribution >= 4 is 17.7 Å². The molecule has 1 unspecified atom stereocenters. The van der Waals surface area contributed by atoms with Gasteiger partial charge in [0.05, 0.1) is 6.61 Å². The van der Waals surface area contributed by atoms with E-state index in [4.69, 9.17) is 9.47 Å². The summed E-state index contributed by atoms with van der Waals surface area (Å²) in [5, 5.41) is 0. The van der Waals surface area contributed by atoms with E-state index in [1.54, 1.807) is 6.92 Å². The van der Waals surface area contributed by atoms with E-state index < -0.39 is 17.5 Å². The number of aliphatic imine (C=N–C) groups is 1. The van der Waals surface area contributed by atoms with Crippen LogP contribution in [0.25, 0.3) is 0 Å². The molecule has 0 N–H and O–H groups in total. The molecular weight excluding hydrogens is 306 g/mol. The van der Waals surface area contributed by atoms with Crippen LogP contribution in [-0.4, -0.2) is 35.9 Å². The van der Waals surface area contributed by atoms with Gasteiger partial charge in [0.1, 0.15) is 6.10 Å². The van der Waals surface area contributed by atoms with Crippen LogP contribution < -0.4 is 0 Å². The molecule has 1 heterocycles. The third-order valence-electron chi connectivity index (χ3n) is 5.40. The third kappa shape index (κ3) is 3.81. The van der Waals surface area contributed by atoms with Crippen molar-refractivity contribution in [1.29, 1.82) is 0 Å². The number of rotatable bonds is 5. The molecule has 0 saturated heterocycles. The number of ether oxygens (including phenoxy) is 2. The molecule has 0 spiro atoms. The van der Waals surface area contributed by atoms with Gasteiger partial charge in [0.2, 0.25) is 0 Å². The summed E-state index contributed by atoms with van der Waals surface area (Å²) in [4.78, 5) is 29.7. The van der Waals surface area contributed by atoms with Crippen LogP contribution in [0.1, 0.15) is 66.7 Å². The lowest BCUT2D eigenvalue weighted by atomic mass is 9.75. The summed E-state index contributed by atoms with van der Waals surface area (Å²) >= 11 is 0. The zero-order valence-electron chi connectivity index (χ0n) is 15.6. The number of esters is 2. The van der Waals surface area contributed by atoms with E-state index in [-0.39, 0.29) is 12.7 Å². The number of hydrogen-bond acceptors (Lipinski definition) is 5. The summed E-state index contributed by atoms with van der Waals surface area (Å²) in [6.07, 6.45) is 3.93. The first-order chi connectivity index (χ1) is 11.3. The Morgan fingerprint density at radius 2 is 2.00 bits per heavy atom. The largest absolute Gasteiger partial charge is 0.464 e. The number of carbonyl (C=O) groups excluding carboxylic acids is 2. The fraction of sp³-hybridized carbons (Fsp3) is 0.842. The zero-order valence-corrected chi connectivity index (χ0v) is 15.6. The van der Waals surface area contributed by atoms with Gasteiger partial charge in [-0.2, -0.15) is 0 Å². The zero-order chi connectivity index (χ0) is 17.9. The van der Waals surface area contributed by atoms with E-state index in [2.05, 4.69) is 25.8 Å². The molecule has 0 aromatic rings. The quantitative estimate of drug-likeness (QED) is 0.568. The van der Waals surface area contributed by atoms with Crippen LogP contribution in [0.4, 0.5) is 0 Å². The second kappa shape index (κ2) is 7.66. The van der Waals surface area contributed by atoms with Gasteiger partial charge < -0.3 is 9.47 Å². The molecule has 136 valence electrons. The van der Waals surface area contributed by atoms with E-state index in [9.17, 15) is 9.59 Å².